The van der Waals surface area contributed by atoms with Gasteiger partial charge in [-0.05, 0) is 19.3 Å². The van der Waals surface area contributed by atoms with Crippen molar-refractivity contribution in [2.75, 3.05) is 17.6 Å². The van der Waals surface area contributed by atoms with Crippen molar-refractivity contribution in [2.24, 2.45) is 0 Å². The molecule has 0 atom stereocenters. The Morgan fingerprint density at radius 1 is 1.48 bits per heavy atom. The molecule has 0 spiro atoms. The summed E-state index contributed by atoms with van der Waals surface area (Å²) in [5.74, 6) is -0.00938. The predicted molar refractivity (Wildman–Crippen MR) is 75.9 cm³/mol. The molecule has 0 fully saturated rings. The number of hydrogen-bond acceptors (Lipinski definition) is 6. The number of nitrogens with zero attached hydrogens (tertiary/aromatic N) is 4. The molecule has 0 amide bonds. The lowest BCUT2D eigenvalue weighted by atomic mass is 10.1. The minimum Gasteiger partial charge on any atom is -0.381 e. The van der Waals surface area contributed by atoms with E-state index in [1.54, 1.807) is 0 Å². The van der Waals surface area contributed by atoms with Crippen LogP contribution in [0.1, 0.15) is 30.3 Å². The minimum atomic E-state index is -0.413. The van der Waals surface area contributed by atoms with E-state index in [2.05, 4.69) is 25.5 Å². The van der Waals surface area contributed by atoms with Crippen molar-refractivity contribution in [1.29, 1.82) is 5.26 Å². The first kappa shape index (κ1) is 14.7. The summed E-state index contributed by atoms with van der Waals surface area (Å²) in [4.78, 5) is 7.75. The average molecular weight is 289 g/mol. The van der Waals surface area contributed by atoms with Gasteiger partial charge in [-0.3, -0.25) is 5.10 Å². The topological polar surface area (TPSA) is 116 Å². The minimum absolute atomic E-state index is 0.200. The SMILES string of the molecule is CCc1ncnc(NCCCc2[nH]nc(N)c2C#N)c1F. The van der Waals surface area contributed by atoms with Gasteiger partial charge in [-0.15, -0.1) is 0 Å². The van der Waals surface area contributed by atoms with Crippen molar-refractivity contribution < 1.29 is 4.39 Å². The molecule has 8 heteroatoms. The maximum atomic E-state index is 13.9. The zero-order valence-electron chi connectivity index (χ0n) is 11.6. The van der Waals surface area contributed by atoms with Crippen LogP contribution in [0.4, 0.5) is 16.0 Å². The van der Waals surface area contributed by atoms with Crippen LogP contribution in [0, 0.1) is 17.1 Å². The van der Waals surface area contributed by atoms with E-state index in [1.807, 2.05) is 13.0 Å². The standard InChI is InChI=1S/C13H16FN7/c1-2-9-11(14)13(19-7-18-9)17-5-3-4-10-8(6-15)12(16)21-20-10/h7H,2-5H2,1H3,(H3,16,20,21)(H,17,18,19). The third-order valence-electron chi connectivity index (χ3n) is 3.07. The number of nitrogen functional groups attached to an aromatic ring is 1. The van der Waals surface area contributed by atoms with Crippen LogP contribution < -0.4 is 11.1 Å². The molecule has 0 aliphatic rings. The van der Waals surface area contributed by atoms with Gasteiger partial charge in [-0.2, -0.15) is 10.4 Å². The van der Waals surface area contributed by atoms with E-state index < -0.39 is 5.82 Å². The average Bonchev–Trinajstić information content (AvgIpc) is 2.85. The number of H-pyrrole nitrogens is 1. The normalized spacial score (nSPS) is 10.3. The molecule has 0 aliphatic heterocycles. The van der Waals surface area contributed by atoms with Crippen molar-refractivity contribution in [3.05, 3.63) is 29.1 Å². The molecule has 0 aliphatic carbocycles. The van der Waals surface area contributed by atoms with Gasteiger partial charge in [0.15, 0.2) is 17.5 Å². The van der Waals surface area contributed by atoms with Gasteiger partial charge >= 0.3 is 0 Å². The fraction of sp³-hybridized carbons (Fsp3) is 0.385. The Labute approximate surface area is 121 Å². The number of nitrogens with two attached hydrogens (primary N) is 1. The lowest BCUT2D eigenvalue weighted by Gasteiger charge is -2.07. The third-order valence-corrected chi connectivity index (χ3v) is 3.07. The Balaban J connectivity index is 1.89. The molecule has 2 aromatic heterocycles. The second kappa shape index (κ2) is 6.65. The molecular weight excluding hydrogens is 273 g/mol. The summed E-state index contributed by atoms with van der Waals surface area (Å²) in [5.41, 5.74) is 7.00. The molecule has 21 heavy (non-hydrogen) atoms. The van der Waals surface area contributed by atoms with Crippen molar-refractivity contribution in [1.82, 2.24) is 20.2 Å². The molecule has 2 rings (SSSR count). The molecule has 7 nitrogen and oxygen atoms in total. The lowest BCUT2D eigenvalue weighted by Crippen LogP contribution is -2.09. The van der Waals surface area contributed by atoms with Crippen molar-refractivity contribution in [3.63, 3.8) is 0 Å². The van der Waals surface area contributed by atoms with Crippen molar-refractivity contribution in [2.45, 2.75) is 26.2 Å². The summed E-state index contributed by atoms with van der Waals surface area (Å²) in [6.45, 7) is 2.35. The van der Waals surface area contributed by atoms with Crippen molar-refractivity contribution >= 4 is 11.6 Å². The number of hydrogen-bond donors (Lipinski definition) is 3. The summed E-state index contributed by atoms with van der Waals surface area (Å²) >= 11 is 0. The second-order valence-electron chi connectivity index (χ2n) is 4.44. The van der Waals surface area contributed by atoms with Gasteiger partial charge in [-0.1, -0.05) is 6.92 Å². The van der Waals surface area contributed by atoms with Gasteiger partial charge in [0.05, 0.1) is 11.4 Å². The molecule has 110 valence electrons. The van der Waals surface area contributed by atoms with E-state index in [-0.39, 0.29) is 11.6 Å². The monoisotopic (exact) mass is 289 g/mol. The van der Waals surface area contributed by atoms with Crippen LogP contribution in [-0.4, -0.2) is 26.7 Å². The van der Waals surface area contributed by atoms with Gasteiger partial charge in [0, 0.05) is 6.54 Å². The third kappa shape index (κ3) is 3.25. The Hall–Kier alpha value is -2.69. The number of aryl methyl sites for hydroxylation is 2. The van der Waals surface area contributed by atoms with Gasteiger partial charge in [-0.25, -0.2) is 14.4 Å². The fourth-order valence-corrected chi connectivity index (χ4v) is 1.95. The largest absolute Gasteiger partial charge is 0.381 e. The molecular formula is C13H16FN7. The fourth-order valence-electron chi connectivity index (χ4n) is 1.95. The Kier molecular flexibility index (Phi) is 4.66. The summed E-state index contributed by atoms with van der Waals surface area (Å²) in [7, 11) is 0. The van der Waals surface area contributed by atoms with Crippen LogP contribution in [-0.2, 0) is 12.8 Å². The van der Waals surface area contributed by atoms with Crippen LogP contribution in [0.25, 0.3) is 0 Å². The highest BCUT2D eigenvalue weighted by molar-refractivity contribution is 5.50. The number of nitrogens with one attached hydrogen (secondary N) is 2. The number of aromatic nitrogens is 4. The van der Waals surface area contributed by atoms with Gasteiger partial charge in [0.25, 0.3) is 0 Å². The maximum Gasteiger partial charge on any atom is 0.186 e. The zero-order chi connectivity index (χ0) is 15.2. The summed E-state index contributed by atoms with van der Waals surface area (Å²) in [5, 5.41) is 18.4. The van der Waals surface area contributed by atoms with E-state index in [0.717, 1.165) is 0 Å². The van der Waals surface area contributed by atoms with Gasteiger partial charge in [0.2, 0.25) is 0 Å². The molecule has 0 bridgehead atoms. The summed E-state index contributed by atoms with van der Waals surface area (Å²) in [6.07, 6.45) is 3.13. The van der Waals surface area contributed by atoms with E-state index in [9.17, 15) is 4.39 Å². The first-order valence-electron chi connectivity index (χ1n) is 6.63. The van der Waals surface area contributed by atoms with Crippen LogP contribution in [0.15, 0.2) is 6.33 Å². The van der Waals surface area contributed by atoms with E-state index >= 15 is 0 Å². The van der Waals surface area contributed by atoms with E-state index in [1.165, 1.54) is 6.33 Å². The Morgan fingerprint density at radius 3 is 3.00 bits per heavy atom. The zero-order valence-corrected chi connectivity index (χ0v) is 11.6. The highest BCUT2D eigenvalue weighted by Crippen LogP contribution is 2.15. The summed E-state index contributed by atoms with van der Waals surface area (Å²) in [6, 6.07) is 2.01. The van der Waals surface area contributed by atoms with Gasteiger partial charge in [0.1, 0.15) is 18.0 Å². The molecule has 4 N–H and O–H groups in total. The molecule has 0 saturated heterocycles. The molecule has 2 heterocycles. The molecule has 0 radical (unpaired) electrons. The van der Waals surface area contributed by atoms with Gasteiger partial charge < -0.3 is 11.1 Å². The smallest absolute Gasteiger partial charge is 0.186 e. The number of halogens is 1. The Morgan fingerprint density at radius 2 is 2.29 bits per heavy atom. The van der Waals surface area contributed by atoms with E-state index in [0.29, 0.717) is 42.8 Å². The predicted octanol–water partition coefficient (Wildman–Crippen LogP) is 1.40. The maximum absolute atomic E-state index is 13.9. The molecule has 0 saturated carbocycles. The van der Waals surface area contributed by atoms with Crippen LogP contribution in [0.3, 0.4) is 0 Å². The number of anilines is 2. The first-order chi connectivity index (χ1) is 10.2. The van der Waals surface area contributed by atoms with Crippen LogP contribution in [0.2, 0.25) is 0 Å². The van der Waals surface area contributed by atoms with Crippen molar-refractivity contribution in [3.8, 4) is 6.07 Å². The highest BCUT2D eigenvalue weighted by atomic mass is 19.1. The number of aromatic amines is 1. The van der Waals surface area contributed by atoms with Crippen LogP contribution >= 0.6 is 0 Å². The number of nitriles is 1. The lowest BCUT2D eigenvalue weighted by molar-refractivity contribution is 0.596. The molecule has 0 unspecified atom stereocenters. The highest BCUT2D eigenvalue weighted by Gasteiger charge is 2.11. The quantitative estimate of drug-likeness (QED) is 0.692. The first-order valence-corrected chi connectivity index (χ1v) is 6.63. The van der Waals surface area contributed by atoms with Crippen LogP contribution in [0.5, 0.6) is 0 Å². The number of rotatable bonds is 6. The summed E-state index contributed by atoms with van der Waals surface area (Å²) < 4.78 is 13.9. The molecule has 0 aromatic carbocycles. The van der Waals surface area contributed by atoms with E-state index in [4.69, 9.17) is 11.0 Å². The second-order valence-corrected chi connectivity index (χ2v) is 4.44. The Bertz CT molecular complexity index is 659. The molecule has 2 aromatic rings.